The number of carbonyl (C=O) groups excluding carboxylic acids is 3. The molecule has 0 aromatic heterocycles. The molecule has 2 bridgehead atoms. The zero-order valence-electron chi connectivity index (χ0n) is 20.7. The summed E-state index contributed by atoms with van der Waals surface area (Å²) >= 11 is 1.66. The molecule has 0 aliphatic carbocycles. The SMILES string of the molecule is C=CCN(CCN1CCOCC1)C(=O)C1N(CCCCO)C(=O)[C@@H]2[C@@H](C(=O)OCC)[C@H]3CCC12S3. The maximum atomic E-state index is 14.2. The average Bonchev–Trinajstić information content (AvgIpc) is 3.50. The molecular formula is C25H39N3O6S. The maximum absolute atomic E-state index is 14.2. The first-order valence-corrected chi connectivity index (χ1v) is 13.8. The number of hydrogen-bond donors (Lipinski definition) is 1. The molecule has 4 aliphatic rings. The third kappa shape index (κ3) is 4.99. The molecule has 196 valence electrons. The second-order valence-corrected chi connectivity index (χ2v) is 11.4. The third-order valence-corrected chi connectivity index (χ3v) is 9.80. The van der Waals surface area contributed by atoms with Crippen LogP contribution in [-0.2, 0) is 23.9 Å². The van der Waals surface area contributed by atoms with Crippen molar-refractivity contribution in [2.75, 3.05) is 65.7 Å². The molecule has 9 nitrogen and oxygen atoms in total. The Labute approximate surface area is 212 Å². The highest BCUT2D eigenvalue weighted by Gasteiger charge is 2.74. The van der Waals surface area contributed by atoms with E-state index in [9.17, 15) is 19.5 Å². The highest BCUT2D eigenvalue weighted by atomic mass is 32.2. The van der Waals surface area contributed by atoms with Gasteiger partial charge in [0.2, 0.25) is 11.8 Å². The fraction of sp³-hybridized carbons (Fsp3) is 0.800. The molecule has 2 unspecified atom stereocenters. The van der Waals surface area contributed by atoms with Gasteiger partial charge in [-0.2, -0.15) is 0 Å². The first kappa shape index (κ1) is 26.4. The van der Waals surface area contributed by atoms with Crippen molar-refractivity contribution in [1.29, 1.82) is 0 Å². The zero-order valence-corrected chi connectivity index (χ0v) is 21.5. The molecule has 5 atom stereocenters. The molecule has 1 spiro atoms. The monoisotopic (exact) mass is 509 g/mol. The van der Waals surface area contributed by atoms with Crippen LogP contribution in [0.15, 0.2) is 12.7 Å². The van der Waals surface area contributed by atoms with Crippen molar-refractivity contribution in [3.05, 3.63) is 12.7 Å². The van der Waals surface area contributed by atoms with E-state index in [1.807, 2.05) is 4.90 Å². The van der Waals surface area contributed by atoms with Crippen molar-refractivity contribution >= 4 is 29.5 Å². The summed E-state index contributed by atoms with van der Waals surface area (Å²) in [5, 5.41) is 9.32. The number of amides is 2. The number of aliphatic hydroxyl groups excluding tert-OH is 1. The summed E-state index contributed by atoms with van der Waals surface area (Å²) in [5.74, 6) is -1.52. The Morgan fingerprint density at radius 2 is 2.09 bits per heavy atom. The summed E-state index contributed by atoms with van der Waals surface area (Å²) in [6, 6.07) is -0.613. The molecular weight excluding hydrogens is 470 g/mol. The first-order valence-electron chi connectivity index (χ1n) is 12.9. The lowest BCUT2D eigenvalue weighted by molar-refractivity contribution is -0.153. The lowest BCUT2D eigenvalue weighted by Crippen LogP contribution is -2.56. The number of carbonyl (C=O) groups is 3. The number of aliphatic hydroxyl groups is 1. The van der Waals surface area contributed by atoms with E-state index in [1.54, 1.807) is 29.7 Å². The molecule has 2 amide bonds. The number of likely N-dealkylation sites (tertiary alicyclic amines) is 1. The lowest BCUT2D eigenvalue weighted by Gasteiger charge is -2.38. The van der Waals surface area contributed by atoms with Gasteiger partial charge in [-0.15, -0.1) is 18.3 Å². The molecule has 4 aliphatic heterocycles. The van der Waals surface area contributed by atoms with Crippen molar-refractivity contribution in [3.8, 4) is 0 Å². The van der Waals surface area contributed by atoms with Gasteiger partial charge in [0, 0.05) is 51.1 Å². The summed E-state index contributed by atoms with van der Waals surface area (Å²) in [7, 11) is 0. The van der Waals surface area contributed by atoms with Gasteiger partial charge in [-0.05, 0) is 32.6 Å². The minimum absolute atomic E-state index is 0.0131. The number of fused-ring (bicyclic) bond motifs is 1. The van der Waals surface area contributed by atoms with Crippen LogP contribution in [0, 0.1) is 11.8 Å². The Hall–Kier alpha value is -1.62. The molecule has 0 aromatic rings. The number of rotatable bonds is 12. The van der Waals surface area contributed by atoms with Crippen molar-refractivity contribution in [2.45, 2.75) is 48.6 Å². The standard InChI is InChI=1S/C25H39N3O6S/c1-3-9-27(12-11-26-13-16-33-17-14-26)23(31)21-25-8-7-18(35-25)19(24(32)34-4-2)20(25)22(30)28(21)10-5-6-15-29/h3,18-21,29H,1,4-17H2,2H3/t18-,19+,20+,21?,25?/m1/s1. The van der Waals surface area contributed by atoms with Crippen LogP contribution < -0.4 is 0 Å². The summed E-state index contributed by atoms with van der Waals surface area (Å²) in [5.41, 5.74) is 0. The number of ether oxygens (including phenoxy) is 2. The number of hydrogen-bond acceptors (Lipinski definition) is 8. The zero-order chi connectivity index (χ0) is 25.0. The average molecular weight is 510 g/mol. The van der Waals surface area contributed by atoms with Crippen LogP contribution in [0.3, 0.4) is 0 Å². The molecule has 35 heavy (non-hydrogen) atoms. The summed E-state index contributed by atoms with van der Waals surface area (Å²) in [4.78, 5) is 46.7. The number of nitrogens with zero attached hydrogens (tertiary/aromatic N) is 3. The number of thioether (sulfide) groups is 1. The molecule has 0 radical (unpaired) electrons. The fourth-order valence-electron chi connectivity index (χ4n) is 6.28. The fourth-order valence-corrected chi connectivity index (χ4v) is 8.48. The van der Waals surface area contributed by atoms with Gasteiger partial charge in [-0.1, -0.05) is 6.08 Å². The van der Waals surface area contributed by atoms with Crippen LogP contribution in [0.5, 0.6) is 0 Å². The van der Waals surface area contributed by atoms with E-state index < -0.39 is 22.6 Å². The van der Waals surface area contributed by atoms with Gasteiger partial charge >= 0.3 is 5.97 Å². The van der Waals surface area contributed by atoms with E-state index >= 15 is 0 Å². The predicted molar refractivity (Wildman–Crippen MR) is 133 cm³/mol. The Morgan fingerprint density at radius 1 is 1.31 bits per heavy atom. The lowest BCUT2D eigenvalue weighted by atomic mass is 9.71. The smallest absolute Gasteiger partial charge is 0.310 e. The molecule has 10 heteroatoms. The Morgan fingerprint density at radius 3 is 2.77 bits per heavy atom. The molecule has 4 heterocycles. The van der Waals surface area contributed by atoms with Gasteiger partial charge in [0.1, 0.15) is 6.04 Å². The Balaban J connectivity index is 1.60. The first-order chi connectivity index (χ1) is 17.0. The summed E-state index contributed by atoms with van der Waals surface area (Å²) < 4.78 is 10.2. The van der Waals surface area contributed by atoms with Gasteiger partial charge in [-0.3, -0.25) is 19.3 Å². The van der Waals surface area contributed by atoms with Crippen LogP contribution in [0.25, 0.3) is 0 Å². The van der Waals surface area contributed by atoms with E-state index in [-0.39, 0.29) is 36.2 Å². The Bertz CT molecular complexity index is 806. The molecule has 0 saturated carbocycles. The highest BCUT2D eigenvalue weighted by molar-refractivity contribution is 8.02. The van der Waals surface area contributed by atoms with E-state index in [4.69, 9.17) is 9.47 Å². The molecule has 0 aromatic carbocycles. The minimum Gasteiger partial charge on any atom is -0.466 e. The minimum atomic E-state index is -0.613. The van der Waals surface area contributed by atoms with Gasteiger partial charge in [-0.25, -0.2) is 0 Å². The van der Waals surface area contributed by atoms with E-state index in [0.29, 0.717) is 45.7 Å². The predicted octanol–water partition coefficient (Wildman–Crippen LogP) is 0.760. The number of esters is 1. The summed E-state index contributed by atoms with van der Waals surface area (Å²) in [6.45, 7) is 11.1. The van der Waals surface area contributed by atoms with Crippen LogP contribution in [0.1, 0.15) is 32.6 Å². The molecule has 4 rings (SSSR count). The Kier molecular flexibility index (Phi) is 8.78. The van der Waals surface area contributed by atoms with E-state index in [2.05, 4.69) is 11.5 Å². The van der Waals surface area contributed by atoms with Crippen LogP contribution in [-0.4, -0.2) is 119 Å². The molecule has 1 N–H and O–H groups in total. The third-order valence-electron chi connectivity index (χ3n) is 7.85. The van der Waals surface area contributed by atoms with E-state index in [0.717, 1.165) is 32.5 Å². The van der Waals surface area contributed by atoms with Gasteiger partial charge in [0.15, 0.2) is 0 Å². The molecule has 4 saturated heterocycles. The van der Waals surface area contributed by atoms with Crippen molar-refractivity contribution in [2.24, 2.45) is 11.8 Å². The second-order valence-electron chi connectivity index (χ2n) is 9.80. The second kappa shape index (κ2) is 11.6. The topological polar surface area (TPSA) is 99.6 Å². The number of unbranched alkanes of at least 4 members (excludes halogenated alkanes) is 1. The van der Waals surface area contributed by atoms with Crippen molar-refractivity contribution in [1.82, 2.24) is 14.7 Å². The van der Waals surface area contributed by atoms with Gasteiger partial charge in [0.25, 0.3) is 0 Å². The normalized spacial score (nSPS) is 32.1. The summed E-state index contributed by atoms with van der Waals surface area (Å²) in [6.07, 6.45) is 4.46. The van der Waals surface area contributed by atoms with Gasteiger partial charge in [0.05, 0.1) is 36.4 Å². The molecule has 4 fully saturated rings. The van der Waals surface area contributed by atoms with Crippen LogP contribution in [0.4, 0.5) is 0 Å². The van der Waals surface area contributed by atoms with Crippen LogP contribution >= 0.6 is 11.8 Å². The van der Waals surface area contributed by atoms with Crippen molar-refractivity contribution in [3.63, 3.8) is 0 Å². The van der Waals surface area contributed by atoms with Gasteiger partial charge < -0.3 is 24.4 Å². The highest BCUT2D eigenvalue weighted by Crippen LogP contribution is 2.66. The maximum Gasteiger partial charge on any atom is 0.310 e. The quantitative estimate of drug-likeness (QED) is 0.234. The number of morpholine rings is 1. The van der Waals surface area contributed by atoms with E-state index in [1.165, 1.54) is 0 Å². The van der Waals surface area contributed by atoms with Crippen molar-refractivity contribution < 1.29 is 29.0 Å². The van der Waals surface area contributed by atoms with Crippen LogP contribution in [0.2, 0.25) is 0 Å². The largest absolute Gasteiger partial charge is 0.466 e.